The summed E-state index contributed by atoms with van der Waals surface area (Å²) in [6.45, 7) is 5.39. The summed E-state index contributed by atoms with van der Waals surface area (Å²) >= 11 is 0. The van der Waals surface area contributed by atoms with Crippen molar-refractivity contribution < 1.29 is 9.21 Å². The first kappa shape index (κ1) is 14.3. The van der Waals surface area contributed by atoms with Gasteiger partial charge in [0.2, 0.25) is 5.91 Å². The van der Waals surface area contributed by atoms with Crippen molar-refractivity contribution in [1.82, 2.24) is 10.3 Å². The highest BCUT2D eigenvalue weighted by Crippen LogP contribution is 2.20. The molecule has 0 saturated carbocycles. The molecule has 0 aliphatic carbocycles. The van der Waals surface area contributed by atoms with Crippen molar-refractivity contribution in [3.05, 3.63) is 36.4 Å². The van der Waals surface area contributed by atoms with Crippen LogP contribution in [0.25, 0.3) is 11.3 Å². The molecule has 0 aliphatic rings. The standard InChI is InChI=1S/C15H19N3O2/c1-3-16-9-8-15(19)18-13-6-4-12(5-7-13)14-10-20-11(2)17-14/h4-7,10,16H,3,8-9H2,1-2H3,(H,18,19). The van der Waals surface area contributed by atoms with E-state index >= 15 is 0 Å². The molecule has 2 aromatic rings. The summed E-state index contributed by atoms with van der Waals surface area (Å²) in [5.74, 6) is 0.650. The van der Waals surface area contributed by atoms with Crippen LogP contribution in [0.3, 0.4) is 0 Å². The lowest BCUT2D eigenvalue weighted by molar-refractivity contribution is -0.116. The molecule has 0 radical (unpaired) electrons. The molecule has 1 aromatic heterocycles. The number of hydrogen-bond acceptors (Lipinski definition) is 4. The normalized spacial score (nSPS) is 10.5. The fourth-order valence-corrected chi connectivity index (χ4v) is 1.82. The van der Waals surface area contributed by atoms with Gasteiger partial charge in [-0.15, -0.1) is 0 Å². The fourth-order valence-electron chi connectivity index (χ4n) is 1.82. The summed E-state index contributed by atoms with van der Waals surface area (Å²) in [7, 11) is 0. The molecule has 5 nitrogen and oxygen atoms in total. The van der Waals surface area contributed by atoms with Gasteiger partial charge in [-0.25, -0.2) is 4.98 Å². The van der Waals surface area contributed by atoms with Gasteiger partial charge in [-0.05, 0) is 18.7 Å². The van der Waals surface area contributed by atoms with Crippen LogP contribution in [0, 0.1) is 6.92 Å². The number of carbonyl (C=O) groups is 1. The molecule has 5 heteroatoms. The second-order valence-corrected chi connectivity index (χ2v) is 4.48. The van der Waals surface area contributed by atoms with E-state index in [2.05, 4.69) is 15.6 Å². The first-order valence-corrected chi connectivity index (χ1v) is 6.72. The number of hydrogen-bond donors (Lipinski definition) is 2. The van der Waals surface area contributed by atoms with Crippen LogP contribution in [0.5, 0.6) is 0 Å². The second-order valence-electron chi connectivity index (χ2n) is 4.48. The first-order valence-electron chi connectivity index (χ1n) is 6.72. The van der Waals surface area contributed by atoms with Gasteiger partial charge in [0.25, 0.3) is 0 Å². The highest BCUT2D eigenvalue weighted by atomic mass is 16.3. The Labute approximate surface area is 118 Å². The Morgan fingerprint density at radius 2 is 2.05 bits per heavy atom. The Kier molecular flexibility index (Phi) is 4.90. The Morgan fingerprint density at radius 1 is 1.30 bits per heavy atom. The zero-order valence-corrected chi connectivity index (χ0v) is 11.8. The van der Waals surface area contributed by atoms with E-state index in [1.807, 2.05) is 38.1 Å². The number of carbonyl (C=O) groups excluding carboxylic acids is 1. The third-order valence-electron chi connectivity index (χ3n) is 2.86. The number of nitrogens with zero attached hydrogens (tertiary/aromatic N) is 1. The van der Waals surface area contributed by atoms with E-state index in [1.165, 1.54) is 0 Å². The van der Waals surface area contributed by atoms with Crippen molar-refractivity contribution in [1.29, 1.82) is 0 Å². The van der Waals surface area contributed by atoms with Crippen LogP contribution in [0.15, 0.2) is 34.9 Å². The molecule has 0 fully saturated rings. The maximum atomic E-state index is 11.7. The van der Waals surface area contributed by atoms with Crippen molar-refractivity contribution in [2.24, 2.45) is 0 Å². The lowest BCUT2D eigenvalue weighted by atomic mass is 10.1. The summed E-state index contributed by atoms with van der Waals surface area (Å²) in [4.78, 5) is 15.9. The maximum absolute atomic E-state index is 11.7. The van der Waals surface area contributed by atoms with Crippen LogP contribution < -0.4 is 10.6 Å². The van der Waals surface area contributed by atoms with Crippen LogP contribution in [-0.4, -0.2) is 24.0 Å². The summed E-state index contributed by atoms with van der Waals surface area (Å²) in [6.07, 6.45) is 2.09. The molecule has 106 valence electrons. The van der Waals surface area contributed by atoms with Crippen molar-refractivity contribution in [3.8, 4) is 11.3 Å². The number of oxazole rings is 1. The predicted molar refractivity (Wildman–Crippen MR) is 78.5 cm³/mol. The summed E-state index contributed by atoms with van der Waals surface area (Å²) in [5.41, 5.74) is 2.55. The van der Waals surface area contributed by atoms with Crippen molar-refractivity contribution in [2.45, 2.75) is 20.3 Å². The lowest BCUT2D eigenvalue weighted by Crippen LogP contribution is -2.21. The van der Waals surface area contributed by atoms with Gasteiger partial charge < -0.3 is 15.1 Å². The number of anilines is 1. The number of aryl methyl sites for hydroxylation is 1. The molecular weight excluding hydrogens is 254 g/mol. The Bertz CT molecular complexity index is 561. The molecule has 0 unspecified atom stereocenters. The Hall–Kier alpha value is -2.14. The summed E-state index contributed by atoms with van der Waals surface area (Å²) in [6, 6.07) is 7.56. The van der Waals surface area contributed by atoms with E-state index in [-0.39, 0.29) is 5.91 Å². The third kappa shape index (κ3) is 3.93. The number of amides is 1. The average Bonchev–Trinajstić information content (AvgIpc) is 2.86. The topological polar surface area (TPSA) is 67.2 Å². The maximum Gasteiger partial charge on any atom is 0.225 e. The van der Waals surface area contributed by atoms with E-state index in [1.54, 1.807) is 6.26 Å². The quantitative estimate of drug-likeness (QED) is 0.794. The molecule has 1 heterocycles. The predicted octanol–water partition coefficient (Wildman–Crippen LogP) is 2.59. The van der Waals surface area contributed by atoms with Gasteiger partial charge in [0.15, 0.2) is 5.89 Å². The molecule has 2 rings (SSSR count). The fraction of sp³-hybridized carbons (Fsp3) is 0.333. The van der Waals surface area contributed by atoms with E-state index in [4.69, 9.17) is 4.42 Å². The van der Waals surface area contributed by atoms with Crippen LogP contribution in [0.1, 0.15) is 19.2 Å². The van der Waals surface area contributed by atoms with Gasteiger partial charge in [0, 0.05) is 31.1 Å². The van der Waals surface area contributed by atoms with Crippen LogP contribution in [0.4, 0.5) is 5.69 Å². The second kappa shape index (κ2) is 6.86. The first-order chi connectivity index (χ1) is 9.69. The Morgan fingerprint density at radius 3 is 2.65 bits per heavy atom. The minimum atomic E-state index is 0.0102. The highest BCUT2D eigenvalue weighted by Gasteiger charge is 2.05. The third-order valence-corrected chi connectivity index (χ3v) is 2.86. The molecule has 1 amide bonds. The zero-order chi connectivity index (χ0) is 14.4. The van der Waals surface area contributed by atoms with E-state index in [0.717, 1.165) is 23.5 Å². The van der Waals surface area contributed by atoms with Crippen LogP contribution in [-0.2, 0) is 4.79 Å². The summed E-state index contributed by atoms with van der Waals surface area (Å²) in [5, 5.41) is 5.98. The van der Waals surface area contributed by atoms with Crippen molar-refractivity contribution in [3.63, 3.8) is 0 Å². The minimum absolute atomic E-state index is 0.0102. The van der Waals surface area contributed by atoms with Crippen molar-refractivity contribution >= 4 is 11.6 Å². The zero-order valence-electron chi connectivity index (χ0n) is 11.8. The SMILES string of the molecule is CCNCCC(=O)Nc1ccc(-c2coc(C)n2)cc1. The van der Waals surface area contributed by atoms with E-state index in [0.29, 0.717) is 18.9 Å². The molecule has 2 N–H and O–H groups in total. The monoisotopic (exact) mass is 273 g/mol. The minimum Gasteiger partial charge on any atom is -0.449 e. The number of aromatic nitrogens is 1. The average molecular weight is 273 g/mol. The van der Waals surface area contributed by atoms with Crippen LogP contribution in [0.2, 0.25) is 0 Å². The number of rotatable bonds is 6. The van der Waals surface area contributed by atoms with Gasteiger partial charge in [-0.2, -0.15) is 0 Å². The molecule has 0 atom stereocenters. The van der Waals surface area contributed by atoms with Gasteiger partial charge >= 0.3 is 0 Å². The molecular formula is C15H19N3O2. The number of benzene rings is 1. The Balaban J connectivity index is 1.93. The van der Waals surface area contributed by atoms with E-state index in [9.17, 15) is 4.79 Å². The molecule has 0 aliphatic heterocycles. The van der Waals surface area contributed by atoms with Gasteiger partial charge in [-0.3, -0.25) is 4.79 Å². The highest BCUT2D eigenvalue weighted by molar-refractivity contribution is 5.91. The largest absolute Gasteiger partial charge is 0.449 e. The molecule has 0 spiro atoms. The molecule has 0 saturated heterocycles. The molecule has 0 bridgehead atoms. The van der Waals surface area contributed by atoms with Crippen LogP contribution >= 0.6 is 0 Å². The van der Waals surface area contributed by atoms with E-state index < -0.39 is 0 Å². The van der Waals surface area contributed by atoms with Crippen molar-refractivity contribution in [2.75, 3.05) is 18.4 Å². The summed E-state index contributed by atoms with van der Waals surface area (Å²) < 4.78 is 5.18. The van der Waals surface area contributed by atoms with Gasteiger partial charge in [0.05, 0.1) is 0 Å². The van der Waals surface area contributed by atoms with Gasteiger partial charge in [-0.1, -0.05) is 19.1 Å². The van der Waals surface area contributed by atoms with Gasteiger partial charge in [0.1, 0.15) is 12.0 Å². The lowest BCUT2D eigenvalue weighted by Gasteiger charge is -2.06. The smallest absolute Gasteiger partial charge is 0.225 e. The number of nitrogens with one attached hydrogen (secondary N) is 2. The molecule has 20 heavy (non-hydrogen) atoms. The molecule has 1 aromatic carbocycles.